The van der Waals surface area contributed by atoms with Crippen LogP contribution in [0.3, 0.4) is 0 Å². The van der Waals surface area contributed by atoms with Gasteiger partial charge in [0.2, 0.25) is 0 Å². The second kappa shape index (κ2) is 5.24. The molecule has 0 bridgehead atoms. The number of hydrogen-bond donors (Lipinski definition) is 0. The molecule has 0 saturated heterocycles. The molecule has 110 valence electrons. The summed E-state index contributed by atoms with van der Waals surface area (Å²) in [6.07, 6.45) is 0. The highest BCUT2D eigenvalue weighted by Gasteiger charge is 2.28. The fraction of sp³-hybridized carbons (Fsp3) is 0.375. The first kappa shape index (κ1) is 13.7. The highest BCUT2D eigenvalue weighted by Crippen LogP contribution is 2.24. The van der Waals surface area contributed by atoms with Gasteiger partial charge in [-0.25, -0.2) is 0 Å². The van der Waals surface area contributed by atoms with Crippen LogP contribution in [0, 0.1) is 0 Å². The molecule has 0 saturated carbocycles. The molecule has 0 N–H and O–H groups in total. The molecule has 1 aromatic heterocycles. The maximum absolute atomic E-state index is 12.4. The van der Waals surface area contributed by atoms with Crippen LogP contribution in [0.1, 0.15) is 24.3 Å². The van der Waals surface area contributed by atoms with E-state index in [0.717, 1.165) is 23.6 Å². The Bertz CT molecular complexity index is 659. The van der Waals surface area contributed by atoms with Gasteiger partial charge in [-0.05, 0) is 44.2 Å². The Morgan fingerprint density at radius 1 is 1.19 bits per heavy atom. The minimum Gasteiger partial charge on any atom is -0.497 e. The zero-order chi connectivity index (χ0) is 15.0. The number of methoxy groups -OCH3 is 1. The van der Waals surface area contributed by atoms with Crippen molar-refractivity contribution in [3.63, 3.8) is 0 Å². The van der Waals surface area contributed by atoms with Crippen LogP contribution in [-0.4, -0.2) is 40.3 Å². The molecule has 0 unspecified atom stereocenters. The van der Waals surface area contributed by atoms with E-state index in [2.05, 4.69) is 5.10 Å². The first-order chi connectivity index (χ1) is 10.1. The fourth-order valence-corrected chi connectivity index (χ4v) is 2.61. The standard InChI is InChI=1S/C16H19N3O2/c1-11(2)18-8-9-19-15(16(18)20)10-14(17-19)12-4-6-13(21-3)7-5-12/h4-7,10-11H,8-9H2,1-3H3. The number of ether oxygens (including phenoxy) is 1. The van der Waals surface area contributed by atoms with Gasteiger partial charge in [-0.1, -0.05) is 0 Å². The molecule has 0 aliphatic carbocycles. The molecule has 21 heavy (non-hydrogen) atoms. The van der Waals surface area contributed by atoms with E-state index >= 15 is 0 Å². The van der Waals surface area contributed by atoms with Crippen LogP contribution in [0.2, 0.25) is 0 Å². The quantitative estimate of drug-likeness (QED) is 0.870. The fourth-order valence-electron chi connectivity index (χ4n) is 2.61. The lowest BCUT2D eigenvalue weighted by atomic mass is 10.1. The summed E-state index contributed by atoms with van der Waals surface area (Å²) in [5.74, 6) is 0.869. The van der Waals surface area contributed by atoms with Crippen molar-refractivity contribution in [3.05, 3.63) is 36.0 Å². The lowest BCUT2D eigenvalue weighted by Gasteiger charge is -2.30. The lowest BCUT2D eigenvalue weighted by molar-refractivity contribution is 0.0641. The Morgan fingerprint density at radius 2 is 1.90 bits per heavy atom. The van der Waals surface area contributed by atoms with E-state index in [4.69, 9.17) is 4.74 Å². The summed E-state index contributed by atoms with van der Waals surface area (Å²) in [7, 11) is 1.64. The van der Waals surface area contributed by atoms with Crippen molar-refractivity contribution in [2.45, 2.75) is 26.4 Å². The first-order valence-electron chi connectivity index (χ1n) is 7.13. The molecule has 0 fully saturated rings. The third kappa shape index (κ3) is 2.39. The van der Waals surface area contributed by atoms with E-state index in [-0.39, 0.29) is 11.9 Å². The van der Waals surface area contributed by atoms with Crippen molar-refractivity contribution >= 4 is 5.91 Å². The van der Waals surface area contributed by atoms with Crippen LogP contribution in [0.5, 0.6) is 5.75 Å². The molecule has 1 aliphatic rings. The van der Waals surface area contributed by atoms with Crippen molar-refractivity contribution in [2.75, 3.05) is 13.7 Å². The second-order valence-electron chi connectivity index (χ2n) is 5.46. The average molecular weight is 285 g/mol. The van der Waals surface area contributed by atoms with Gasteiger partial charge >= 0.3 is 0 Å². The topological polar surface area (TPSA) is 47.4 Å². The largest absolute Gasteiger partial charge is 0.497 e. The molecule has 1 aromatic carbocycles. The van der Waals surface area contributed by atoms with E-state index in [0.29, 0.717) is 12.2 Å². The number of fused-ring (bicyclic) bond motifs is 1. The van der Waals surface area contributed by atoms with Crippen LogP contribution in [0.4, 0.5) is 0 Å². The summed E-state index contributed by atoms with van der Waals surface area (Å²) in [5, 5.41) is 4.55. The van der Waals surface area contributed by atoms with E-state index in [1.807, 2.05) is 49.1 Å². The average Bonchev–Trinajstić information content (AvgIpc) is 2.92. The first-order valence-corrected chi connectivity index (χ1v) is 7.13. The maximum Gasteiger partial charge on any atom is 0.272 e. The summed E-state index contributed by atoms with van der Waals surface area (Å²) in [4.78, 5) is 14.3. The Hall–Kier alpha value is -2.30. The monoisotopic (exact) mass is 285 g/mol. The number of carbonyl (C=O) groups excluding carboxylic acids is 1. The van der Waals surface area contributed by atoms with Crippen molar-refractivity contribution < 1.29 is 9.53 Å². The van der Waals surface area contributed by atoms with Crippen LogP contribution in [0.15, 0.2) is 30.3 Å². The highest BCUT2D eigenvalue weighted by atomic mass is 16.5. The van der Waals surface area contributed by atoms with Gasteiger partial charge in [0.25, 0.3) is 5.91 Å². The summed E-state index contributed by atoms with van der Waals surface area (Å²) in [6.45, 7) is 5.53. The number of nitrogens with zero attached hydrogens (tertiary/aromatic N) is 3. The highest BCUT2D eigenvalue weighted by molar-refractivity contribution is 5.94. The van der Waals surface area contributed by atoms with Gasteiger partial charge in [0, 0.05) is 18.2 Å². The Labute approximate surface area is 124 Å². The molecule has 0 atom stereocenters. The van der Waals surface area contributed by atoms with Crippen molar-refractivity contribution in [2.24, 2.45) is 0 Å². The van der Waals surface area contributed by atoms with Gasteiger partial charge in [-0.3, -0.25) is 9.48 Å². The number of benzene rings is 1. The number of hydrogen-bond acceptors (Lipinski definition) is 3. The van der Waals surface area contributed by atoms with Crippen LogP contribution < -0.4 is 4.74 Å². The summed E-state index contributed by atoms with van der Waals surface area (Å²) in [6, 6.07) is 9.80. The molecule has 3 rings (SSSR count). The van der Waals surface area contributed by atoms with E-state index in [1.54, 1.807) is 11.8 Å². The normalized spacial score (nSPS) is 14.5. The minimum absolute atomic E-state index is 0.0588. The second-order valence-corrected chi connectivity index (χ2v) is 5.46. The van der Waals surface area contributed by atoms with Crippen molar-refractivity contribution in [3.8, 4) is 17.0 Å². The lowest BCUT2D eigenvalue weighted by Crippen LogP contribution is -2.44. The molecule has 5 heteroatoms. The molecule has 1 amide bonds. The van der Waals surface area contributed by atoms with Gasteiger partial charge < -0.3 is 9.64 Å². The van der Waals surface area contributed by atoms with Gasteiger partial charge in [0.05, 0.1) is 19.3 Å². The third-order valence-corrected chi connectivity index (χ3v) is 3.82. The molecule has 2 aromatic rings. The van der Waals surface area contributed by atoms with Gasteiger partial charge in [0.1, 0.15) is 11.4 Å². The number of carbonyl (C=O) groups is 1. The van der Waals surface area contributed by atoms with Gasteiger partial charge in [-0.15, -0.1) is 0 Å². The van der Waals surface area contributed by atoms with Gasteiger partial charge in [0.15, 0.2) is 0 Å². The molecule has 2 heterocycles. The predicted molar refractivity (Wildman–Crippen MR) is 80.4 cm³/mol. The van der Waals surface area contributed by atoms with Crippen molar-refractivity contribution in [1.82, 2.24) is 14.7 Å². The zero-order valence-corrected chi connectivity index (χ0v) is 12.5. The molecule has 0 spiro atoms. The molecular formula is C16H19N3O2. The number of amides is 1. The van der Waals surface area contributed by atoms with Crippen LogP contribution in [0.25, 0.3) is 11.3 Å². The van der Waals surface area contributed by atoms with Crippen molar-refractivity contribution in [1.29, 1.82) is 0 Å². The van der Waals surface area contributed by atoms with Crippen LogP contribution in [-0.2, 0) is 6.54 Å². The van der Waals surface area contributed by atoms with Gasteiger partial charge in [-0.2, -0.15) is 5.10 Å². The Balaban J connectivity index is 1.93. The molecule has 5 nitrogen and oxygen atoms in total. The summed E-state index contributed by atoms with van der Waals surface area (Å²) >= 11 is 0. The predicted octanol–water partition coefficient (Wildman–Crippen LogP) is 2.42. The van der Waals surface area contributed by atoms with E-state index in [1.165, 1.54) is 0 Å². The smallest absolute Gasteiger partial charge is 0.272 e. The van der Waals surface area contributed by atoms with Crippen LogP contribution >= 0.6 is 0 Å². The minimum atomic E-state index is 0.0588. The number of rotatable bonds is 3. The summed E-state index contributed by atoms with van der Waals surface area (Å²) in [5.41, 5.74) is 2.48. The zero-order valence-electron chi connectivity index (χ0n) is 12.5. The maximum atomic E-state index is 12.4. The van der Waals surface area contributed by atoms with E-state index < -0.39 is 0 Å². The third-order valence-electron chi connectivity index (χ3n) is 3.82. The SMILES string of the molecule is COc1ccc(-c2cc3n(n2)CCN(C(C)C)C3=O)cc1. The number of aromatic nitrogens is 2. The Kier molecular flexibility index (Phi) is 3.41. The molecule has 1 aliphatic heterocycles. The molecular weight excluding hydrogens is 266 g/mol. The van der Waals surface area contributed by atoms with E-state index in [9.17, 15) is 4.79 Å². The Morgan fingerprint density at radius 3 is 2.52 bits per heavy atom. The molecule has 0 radical (unpaired) electrons. The summed E-state index contributed by atoms with van der Waals surface area (Å²) < 4.78 is 6.96.